The summed E-state index contributed by atoms with van der Waals surface area (Å²) in [7, 11) is 0. The Bertz CT molecular complexity index is 364. The Kier molecular flexibility index (Phi) is 4.02. The van der Waals surface area contributed by atoms with Gasteiger partial charge < -0.3 is 10.0 Å². The minimum atomic E-state index is -0.761. The van der Waals surface area contributed by atoms with Crippen molar-refractivity contribution >= 4 is 6.09 Å². The number of carbonyl (C=O) groups is 1. The Hall–Kier alpha value is -1.51. The lowest BCUT2D eigenvalue weighted by molar-refractivity contribution is 0.103. The number of benzene rings is 1. The minimum Gasteiger partial charge on any atom is -0.465 e. The predicted molar refractivity (Wildman–Crippen MR) is 67.1 cm³/mol. The third kappa shape index (κ3) is 3.22. The molecule has 1 saturated heterocycles. The molecule has 1 unspecified atom stereocenters. The summed E-state index contributed by atoms with van der Waals surface area (Å²) in [6.07, 6.45) is 4.32. The first-order valence-electron chi connectivity index (χ1n) is 6.31. The van der Waals surface area contributed by atoms with E-state index in [-0.39, 0.29) is 6.04 Å². The van der Waals surface area contributed by atoms with Crippen LogP contribution in [0.15, 0.2) is 30.3 Å². The van der Waals surface area contributed by atoms with Gasteiger partial charge in [0.25, 0.3) is 0 Å². The second kappa shape index (κ2) is 5.71. The molecule has 0 radical (unpaired) electrons. The fourth-order valence-electron chi connectivity index (χ4n) is 2.53. The van der Waals surface area contributed by atoms with E-state index in [1.54, 1.807) is 4.90 Å². The van der Waals surface area contributed by atoms with Crippen molar-refractivity contribution in [3.8, 4) is 0 Å². The fraction of sp³-hybridized carbons (Fsp3) is 0.500. The molecule has 1 fully saturated rings. The lowest BCUT2D eigenvalue weighted by Gasteiger charge is -2.33. The van der Waals surface area contributed by atoms with E-state index in [4.69, 9.17) is 5.11 Å². The summed E-state index contributed by atoms with van der Waals surface area (Å²) < 4.78 is 0. The Morgan fingerprint density at radius 3 is 2.76 bits per heavy atom. The van der Waals surface area contributed by atoms with E-state index in [9.17, 15) is 4.79 Å². The maximum absolute atomic E-state index is 11.1. The zero-order chi connectivity index (χ0) is 12.1. The topological polar surface area (TPSA) is 40.5 Å². The first-order chi connectivity index (χ1) is 8.27. The quantitative estimate of drug-likeness (QED) is 0.871. The molecule has 92 valence electrons. The summed E-state index contributed by atoms with van der Waals surface area (Å²) in [6.45, 7) is 0.703. The lowest BCUT2D eigenvalue weighted by Crippen LogP contribution is -2.43. The van der Waals surface area contributed by atoms with Crippen molar-refractivity contribution in [1.82, 2.24) is 4.90 Å². The van der Waals surface area contributed by atoms with Gasteiger partial charge in [0, 0.05) is 12.6 Å². The lowest BCUT2D eigenvalue weighted by atomic mass is 9.96. The molecule has 1 atom stereocenters. The van der Waals surface area contributed by atoms with Gasteiger partial charge in [0.15, 0.2) is 0 Å². The summed E-state index contributed by atoms with van der Waals surface area (Å²) in [5, 5.41) is 9.13. The summed E-state index contributed by atoms with van der Waals surface area (Å²) in [5.41, 5.74) is 1.29. The Morgan fingerprint density at radius 1 is 1.29 bits per heavy atom. The van der Waals surface area contributed by atoms with Crippen molar-refractivity contribution in [3.63, 3.8) is 0 Å². The van der Waals surface area contributed by atoms with Crippen LogP contribution in [0.5, 0.6) is 0 Å². The van der Waals surface area contributed by atoms with Gasteiger partial charge in [-0.1, -0.05) is 30.3 Å². The van der Waals surface area contributed by atoms with E-state index in [0.29, 0.717) is 6.54 Å². The van der Waals surface area contributed by atoms with Crippen LogP contribution in [-0.4, -0.2) is 28.7 Å². The number of likely N-dealkylation sites (tertiary alicyclic amines) is 1. The number of amides is 1. The van der Waals surface area contributed by atoms with E-state index in [0.717, 1.165) is 32.1 Å². The van der Waals surface area contributed by atoms with Crippen LogP contribution < -0.4 is 0 Å². The van der Waals surface area contributed by atoms with E-state index < -0.39 is 6.09 Å². The smallest absolute Gasteiger partial charge is 0.407 e. The van der Waals surface area contributed by atoms with Gasteiger partial charge in [-0.2, -0.15) is 0 Å². The Labute approximate surface area is 102 Å². The maximum atomic E-state index is 11.1. The first-order valence-corrected chi connectivity index (χ1v) is 6.31. The number of piperidine rings is 1. The molecule has 1 aromatic carbocycles. The molecule has 17 heavy (non-hydrogen) atoms. The molecule has 1 aromatic rings. The number of carboxylic acid groups (broad SMARTS) is 1. The van der Waals surface area contributed by atoms with E-state index in [2.05, 4.69) is 12.1 Å². The monoisotopic (exact) mass is 233 g/mol. The van der Waals surface area contributed by atoms with Crippen molar-refractivity contribution in [2.45, 2.75) is 38.1 Å². The SMILES string of the molecule is O=C(O)N1CCCCC1CCc1ccccc1. The molecule has 0 aromatic heterocycles. The van der Waals surface area contributed by atoms with Crippen LogP contribution in [-0.2, 0) is 6.42 Å². The third-order valence-electron chi connectivity index (χ3n) is 3.48. The summed E-state index contributed by atoms with van der Waals surface area (Å²) in [4.78, 5) is 12.7. The molecule has 1 N–H and O–H groups in total. The first kappa shape index (κ1) is 12.0. The van der Waals surface area contributed by atoms with Gasteiger partial charge in [-0.25, -0.2) is 4.79 Å². The zero-order valence-corrected chi connectivity index (χ0v) is 10.0. The van der Waals surface area contributed by atoms with Crippen molar-refractivity contribution in [1.29, 1.82) is 0 Å². The van der Waals surface area contributed by atoms with Gasteiger partial charge in [-0.15, -0.1) is 0 Å². The largest absolute Gasteiger partial charge is 0.465 e. The molecule has 1 heterocycles. The number of hydrogen-bond acceptors (Lipinski definition) is 1. The van der Waals surface area contributed by atoms with Gasteiger partial charge in [-0.05, 0) is 37.7 Å². The second-order valence-electron chi connectivity index (χ2n) is 4.65. The van der Waals surface area contributed by atoms with Gasteiger partial charge >= 0.3 is 6.09 Å². The fourth-order valence-corrected chi connectivity index (χ4v) is 2.53. The van der Waals surface area contributed by atoms with Gasteiger partial charge in [0.05, 0.1) is 0 Å². The number of rotatable bonds is 3. The van der Waals surface area contributed by atoms with Crippen LogP contribution in [0.2, 0.25) is 0 Å². The highest BCUT2D eigenvalue weighted by Crippen LogP contribution is 2.21. The number of aryl methyl sites for hydroxylation is 1. The molecule has 2 rings (SSSR count). The molecule has 0 bridgehead atoms. The summed E-state index contributed by atoms with van der Waals surface area (Å²) in [6, 6.07) is 10.5. The van der Waals surface area contributed by atoms with Crippen molar-refractivity contribution in [3.05, 3.63) is 35.9 Å². The average Bonchev–Trinajstić information content (AvgIpc) is 2.38. The molecule has 1 aliphatic rings. The van der Waals surface area contributed by atoms with Crippen LogP contribution in [0.1, 0.15) is 31.2 Å². The molecule has 0 spiro atoms. The van der Waals surface area contributed by atoms with Gasteiger partial charge in [-0.3, -0.25) is 0 Å². The van der Waals surface area contributed by atoms with Crippen LogP contribution >= 0.6 is 0 Å². The molecule has 0 aliphatic carbocycles. The molecule has 3 nitrogen and oxygen atoms in total. The number of hydrogen-bond donors (Lipinski definition) is 1. The van der Waals surface area contributed by atoms with Crippen molar-refractivity contribution in [2.75, 3.05) is 6.54 Å². The highest BCUT2D eigenvalue weighted by Gasteiger charge is 2.25. The van der Waals surface area contributed by atoms with E-state index >= 15 is 0 Å². The molecule has 1 aliphatic heterocycles. The number of nitrogens with zero attached hydrogens (tertiary/aromatic N) is 1. The third-order valence-corrected chi connectivity index (χ3v) is 3.48. The average molecular weight is 233 g/mol. The van der Waals surface area contributed by atoms with Crippen LogP contribution in [0, 0.1) is 0 Å². The molecular weight excluding hydrogens is 214 g/mol. The highest BCUT2D eigenvalue weighted by molar-refractivity contribution is 5.65. The zero-order valence-electron chi connectivity index (χ0n) is 10.0. The maximum Gasteiger partial charge on any atom is 0.407 e. The molecule has 1 amide bonds. The van der Waals surface area contributed by atoms with Gasteiger partial charge in [0.1, 0.15) is 0 Å². The highest BCUT2D eigenvalue weighted by atomic mass is 16.4. The van der Waals surface area contributed by atoms with Crippen LogP contribution in [0.25, 0.3) is 0 Å². The van der Waals surface area contributed by atoms with E-state index in [1.165, 1.54) is 5.56 Å². The Morgan fingerprint density at radius 2 is 2.06 bits per heavy atom. The molecular formula is C14H19NO2. The predicted octanol–water partition coefficient (Wildman–Crippen LogP) is 3.15. The normalized spacial score (nSPS) is 20.2. The molecule has 3 heteroatoms. The summed E-state index contributed by atoms with van der Waals surface area (Å²) in [5.74, 6) is 0. The molecule has 0 saturated carbocycles. The minimum absolute atomic E-state index is 0.210. The van der Waals surface area contributed by atoms with Crippen LogP contribution in [0.4, 0.5) is 4.79 Å². The van der Waals surface area contributed by atoms with Crippen molar-refractivity contribution < 1.29 is 9.90 Å². The van der Waals surface area contributed by atoms with E-state index in [1.807, 2.05) is 18.2 Å². The van der Waals surface area contributed by atoms with Crippen molar-refractivity contribution in [2.24, 2.45) is 0 Å². The van der Waals surface area contributed by atoms with Gasteiger partial charge in [0.2, 0.25) is 0 Å². The van der Waals surface area contributed by atoms with Crippen LogP contribution in [0.3, 0.4) is 0 Å². The summed E-state index contributed by atoms with van der Waals surface area (Å²) >= 11 is 0. The Balaban J connectivity index is 1.90. The second-order valence-corrected chi connectivity index (χ2v) is 4.65. The standard InChI is InChI=1S/C14H19NO2/c16-14(17)15-11-5-4-8-13(15)10-9-12-6-2-1-3-7-12/h1-3,6-7,13H,4-5,8-11H2,(H,16,17).